The van der Waals surface area contributed by atoms with E-state index in [4.69, 9.17) is 35.9 Å². The number of aliphatic hydroxyl groups excluding tert-OH is 2. The van der Waals surface area contributed by atoms with E-state index in [9.17, 15) is 29.2 Å². The van der Waals surface area contributed by atoms with Gasteiger partial charge in [0.2, 0.25) is 0 Å². The van der Waals surface area contributed by atoms with Crippen molar-refractivity contribution in [2.45, 2.75) is 83.2 Å². The van der Waals surface area contributed by atoms with Crippen molar-refractivity contribution in [3.8, 4) is 0 Å². The zero-order valence-electron chi connectivity index (χ0n) is 23.4. The molecule has 0 aromatic rings. The van der Waals surface area contributed by atoms with E-state index in [1.54, 1.807) is 27.7 Å². The minimum atomic E-state index is -4.26. The van der Waals surface area contributed by atoms with Crippen LogP contribution in [0.1, 0.15) is 41.5 Å². The summed E-state index contributed by atoms with van der Waals surface area (Å²) in [6.45, 7) is 8.30. The van der Waals surface area contributed by atoms with E-state index >= 15 is 0 Å². The van der Waals surface area contributed by atoms with Crippen molar-refractivity contribution >= 4 is 48.2 Å². The van der Waals surface area contributed by atoms with Crippen molar-refractivity contribution in [3.63, 3.8) is 0 Å². The number of carbonyl (C=O) groups is 3. The third-order valence-electron chi connectivity index (χ3n) is 5.94. The monoisotopic (exact) mass is 630 g/mol. The van der Waals surface area contributed by atoms with Crippen molar-refractivity contribution < 1.29 is 47.7 Å². The summed E-state index contributed by atoms with van der Waals surface area (Å²) in [7, 11) is -4.26. The third kappa shape index (κ3) is 9.12. The highest BCUT2D eigenvalue weighted by molar-refractivity contribution is 8.13. The van der Waals surface area contributed by atoms with Gasteiger partial charge in [0.15, 0.2) is 11.3 Å². The topological polar surface area (TPSA) is 199 Å². The third-order valence-corrected chi connectivity index (χ3v) is 9.25. The van der Waals surface area contributed by atoms with E-state index in [0.29, 0.717) is 0 Å². The molecule has 6 N–H and O–H groups in total. The van der Waals surface area contributed by atoms with Crippen LogP contribution in [0.15, 0.2) is 12.3 Å². The molecule has 2 rings (SSSR count). The second-order valence-electron chi connectivity index (χ2n) is 10.5. The van der Waals surface area contributed by atoms with Gasteiger partial charge in [-0.25, -0.2) is 14.4 Å². The molecule has 230 valence electrons. The van der Waals surface area contributed by atoms with Crippen molar-refractivity contribution in [2.75, 3.05) is 25.6 Å². The molecule has 0 aliphatic carbocycles. The number of alkyl halides is 1. The first kappa shape index (κ1) is 34.9. The van der Waals surface area contributed by atoms with Gasteiger partial charge in [0.05, 0.1) is 37.5 Å². The number of rotatable bonds is 14. The maximum atomic E-state index is 13.6. The van der Waals surface area contributed by atoms with Crippen LogP contribution in [0.4, 0.5) is 4.79 Å². The molecule has 7 atom stereocenters. The number of hydrogen-bond acceptors (Lipinski definition) is 12. The standard InChI is InChI=1S/C23H40ClN4O10PS/c1-13(2)37-18(31)14(3)27-39(34,35-9-10-40-20(32)22(4,5)12-29)36-11-15-17(30)23(6,24)19(38-15)28-8-7-16(25)26-21(28)33/h7-8,13-17,19,29-30H,9-12,25H2,1-6H3,(H,26,33)(H,27,34)/t14-,15-,16?,17-,19-,23-,39-/m1/s1. The Morgan fingerprint density at radius 2 is 2.02 bits per heavy atom. The lowest BCUT2D eigenvalue weighted by atomic mass is 9.97. The molecule has 0 radical (unpaired) electrons. The zero-order chi connectivity index (χ0) is 30.5. The molecule has 2 aliphatic rings. The molecule has 0 saturated carbocycles. The number of carbonyl (C=O) groups excluding carboxylic acids is 3. The summed E-state index contributed by atoms with van der Waals surface area (Å²) in [6, 6.07) is -1.70. The molecule has 17 heteroatoms. The first-order valence-electron chi connectivity index (χ1n) is 12.6. The van der Waals surface area contributed by atoms with Gasteiger partial charge in [-0.15, -0.1) is 11.6 Å². The highest BCUT2D eigenvalue weighted by Crippen LogP contribution is 2.47. The van der Waals surface area contributed by atoms with E-state index in [2.05, 4.69) is 10.4 Å². The molecular formula is C23H40ClN4O10PS. The number of nitrogens with one attached hydrogen (secondary N) is 2. The van der Waals surface area contributed by atoms with Crippen molar-refractivity contribution in [2.24, 2.45) is 11.1 Å². The molecule has 0 aromatic heterocycles. The van der Waals surface area contributed by atoms with E-state index in [1.165, 1.54) is 26.1 Å². The Kier molecular flexibility index (Phi) is 12.5. The Labute approximate surface area is 243 Å². The van der Waals surface area contributed by atoms with Gasteiger partial charge in [-0.3, -0.25) is 23.5 Å². The minimum Gasteiger partial charge on any atom is -0.462 e. The van der Waals surface area contributed by atoms with Crippen LogP contribution >= 0.6 is 31.1 Å². The Bertz CT molecular complexity index is 1000. The number of halogens is 1. The molecule has 2 heterocycles. The Balaban J connectivity index is 2.12. The van der Waals surface area contributed by atoms with Crippen LogP contribution in [-0.4, -0.2) is 99.4 Å². The predicted octanol–water partition coefficient (Wildman–Crippen LogP) is 1.24. The van der Waals surface area contributed by atoms with Gasteiger partial charge in [-0.05, 0) is 47.6 Å². The number of esters is 1. The summed E-state index contributed by atoms with van der Waals surface area (Å²) < 4.78 is 35.7. The van der Waals surface area contributed by atoms with E-state index in [1.807, 2.05) is 0 Å². The first-order chi connectivity index (χ1) is 18.4. The number of aliphatic hydroxyl groups is 2. The van der Waals surface area contributed by atoms with Crippen molar-refractivity contribution in [3.05, 3.63) is 12.3 Å². The molecule has 2 aliphatic heterocycles. The van der Waals surface area contributed by atoms with Crippen LogP contribution in [0.5, 0.6) is 0 Å². The molecule has 1 unspecified atom stereocenters. The fourth-order valence-electron chi connectivity index (χ4n) is 3.51. The predicted molar refractivity (Wildman–Crippen MR) is 148 cm³/mol. The summed E-state index contributed by atoms with van der Waals surface area (Å²) in [6.07, 6.45) is -1.89. The fourth-order valence-corrected chi connectivity index (χ4v) is 6.22. The van der Waals surface area contributed by atoms with E-state index in [-0.39, 0.29) is 24.1 Å². The summed E-state index contributed by atoms with van der Waals surface area (Å²) in [5.41, 5.74) is 4.71. The molecule has 0 aromatic carbocycles. The summed E-state index contributed by atoms with van der Waals surface area (Å²) in [5.74, 6) is -0.631. The Hall–Kier alpha value is -1.26. The number of hydrogen-bond donors (Lipinski definition) is 5. The normalized spacial score (nSPS) is 29.3. The molecule has 2 amide bonds. The molecule has 14 nitrogen and oxygen atoms in total. The number of nitrogens with two attached hydrogens (primary N) is 1. The van der Waals surface area contributed by atoms with Crippen LogP contribution in [0.25, 0.3) is 0 Å². The maximum absolute atomic E-state index is 13.6. The van der Waals surface area contributed by atoms with Crippen LogP contribution < -0.4 is 16.1 Å². The number of ether oxygens (including phenoxy) is 2. The molecule has 1 fully saturated rings. The fraction of sp³-hybridized carbons (Fsp3) is 0.783. The van der Waals surface area contributed by atoms with Crippen molar-refractivity contribution in [1.29, 1.82) is 0 Å². The van der Waals surface area contributed by atoms with Gasteiger partial charge < -0.3 is 30.7 Å². The van der Waals surface area contributed by atoms with Crippen LogP contribution in [0, 0.1) is 5.41 Å². The van der Waals surface area contributed by atoms with E-state index in [0.717, 1.165) is 16.7 Å². The summed E-state index contributed by atoms with van der Waals surface area (Å²) in [5, 5.41) is 24.9. The lowest BCUT2D eigenvalue weighted by Crippen LogP contribution is -2.57. The first-order valence-corrected chi connectivity index (χ1v) is 15.5. The average Bonchev–Trinajstić information content (AvgIpc) is 3.08. The number of thioether (sulfide) groups is 1. The zero-order valence-corrected chi connectivity index (χ0v) is 25.8. The molecule has 0 bridgehead atoms. The van der Waals surface area contributed by atoms with E-state index < -0.39 is 73.4 Å². The van der Waals surface area contributed by atoms with Crippen LogP contribution in [-0.2, 0) is 32.7 Å². The van der Waals surface area contributed by atoms with Gasteiger partial charge in [-0.1, -0.05) is 11.8 Å². The molecular weight excluding hydrogens is 591 g/mol. The van der Waals surface area contributed by atoms with Gasteiger partial charge in [0, 0.05) is 12.0 Å². The second-order valence-corrected chi connectivity index (χ2v) is 14.1. The van der Waals surface area contributed by atoms with Gasteiger partial charge in [-0.2, -0.15) is 0 Å². The number of urea groups is 1. The molecule has 1 saturated heterocycles. The average molecular weight is 631 g/mol. The Morgan fingerprint density at radius 3 is 2.60 bits per heavy atom. The maximum Gasteiger partial charge on any atom is 0.406 e. The number of nitrogens with zero attached hydrogens (tertiary/aromatic N) is 1. The lowest BCUT2D eigenvalue weighted by Gasteiger charge is -2.35. The quantitative estimate of drug-likeness (QED) is 0.0795. The molecule has 40 heavy (non-hydrogen) atoms. The number of amides is 2. The largest absolute Gasteiger partial charge is 0.462 e. The van der Waals surface area contributed by atoms with Crippen LogP contribution in [0.2, 0.25) is 0 Å². The highest BCUT2D eigenvalue weighted by atomic mass is 35.5. The van der Waals surface area contributed by atoms with Crippen molar-refractivity contribution in [1.82, 2.24) is 15.3 Å². The Morgan fingerprint density at radius 1 is 1.38 bits per heavy atom. The SMILES string of the molecule is CC(C)OC(=O)[C@@H](C)N[P@@](=O)(OCCSC(=O)C(C)(C)CO)OC[C@H]1O[C@@H](N2C=CC(N)NC2=O)[C@](C)(Cl)[C@@H]1O. The smallest absolute Gasteiger partial charge is 0.406 e. The highest BCUT2D eigenvalue weighted by Gasteiger charge is 2.56. The summed E-state index contributed by atoms with van der Waals surface area (Å²) >= 11 is 7.45. The summed E-state index contributed by atoms with van der Waals surface area (Å²) in [4.78, 5) is 36.7. The lowest BCUT2D eigenvalue weighted by molar-refractivity contribution is -0.149. The van der Waals surface area contributed by atoms with Gasteiger partial charge in [0.1, 0.15) is 23.1 Å². The van der Waals surface area contributed by atoms with Crippen LogP contribution in [0.3, 0.4) is 0 Å². The molecule has 0 spiro atoms. The second kappa shape index (κ2) is 14.3. The minimum absolute atomic E-state index is 0.0744. The van der Waals surface area contributed by atoms with Gasteiger partial charge >= 0.3 is 19.7 Å². The van der Waals surface area contributed by atoms with Gasteiger partial charge in [0.25, 0.3) is 0 Å².